The number of carbonyl (C=O) groups excluding carboxylic acids is 1. The van der Waals surface area contributed by atoms with Crippen molar-refractivity contribution in [3.8, 4) is 0 Å². The van der Waals surface area contributed by atoms with Crippen molar-refractivity contribution >= 4 is 44.3 Å². The van der Waals surface area contributed by atoms with Crippen LogP contribution in [-0.2, 0) is 21.9 Å². The van der Waals surface area contributed by atoms with E-state index in [1.165, 1.54) is 42.9 Å². The molecule has 0 aliphatic heterocycles. The van der Waals surface area contributed by atoms with E-state index in [1.807, 2.05) is 0 Å². The van der Waals surface area contributed by atoms with Gasteiger partial charge in [-0.3, -0.25) is 14.2 Å². The Balaban J connectivity index is 1.69. The largest absolute Gasteiger partial charge is 0.325 e. The molecule has 29 heavy (non-hydrogen) atoms. The number of anilines is 1. The quantitative estimate of drug-likeness (QED) is 0.472. The first-order valence-electron chi connectivity index (χ1n) is 8.61. The summed E-state index contributed by atoms with van der Waals surface area (Å²) in [6.07, 6.45) is 0. The average Bonchev–Trinajstić information content (AvgIpc) is 2.70. The van der Waals surface area contributed by atoms with E-state index in [9.17, 15) is 18.0 Å². The molecule has 152 valence electrons. The first kappa shape index (κ1) is 21.0. The third-order valence-electron chi connectivity index (χ3n) is 4.19. The van der Waals surface area contributed by atoms with Crippen molar-refractivity contribution in [3.63, 3.8) is 0 Å². The third-order valence-corrected chi connectivity index (χ3v) is 7.05. The van der Waals surface area contributed by atoms with Gasteiger partial charge in [0.05, 0.1) is 21.6 Å². The molecule has 1 aromatic heterocycles. The Morgan fingerprint density at radius 3 is 2.45 bits per heavy atom. The summed E-state index contributed by atoms with van der Waals surface area (Å²) in [5.41, 5.74) is 0.890. The molecular weight excluding hydrogens is 412 g/mol. The number of nitrogens with one attached hydrogen (secondary N) is 1. The topological polar surface area (TPSA) is 101 Å². The minimum Gasteiger partial charge on any atom is -0.325 e. The molecule has 0 unspecified atom stereocenters. The molecule has 0 bridgehead atoms. The van der Waals surface area contributed by atoms with Crippen LogP contribution < -0.4 is 10.9 Å². The molecular formula is C19H20N4O4S2. The van der Waals surface area contributed by atoms with Crippen LogP contribution in [0, 0.1) is 0 Å². The van der Waals surface area contributed by atoms with Gasteiger partial charge in [0, 0.05) is 26.8 Å². The lowest BCUT2D eigenvalue weighted by Gasteiger charge is -2.12. The number of hydrogen-bond donors (Lipinski definition) is 1. The Labute approximate surface area is 172 Å². The van der Waals surface area contributed by atoms with Gasteiger partial charge in [-0.25, -0.2) is 17.7 Å². The molecule has 3 aromatic rings. The van der Waals surface area contributed by atoms with Crippen molar-refractivity contribution in [1.82, 2.24) is 13.9 Å². The van der Waals surface area contributed by atoms with E-state index in [4.69, 9.17) is 0 Å². The Hall–Kier alpha value is -2.69. The van der Waals surface area contributed by atoms with E-state index in [-0.39, 0.29) is 22.1 Å². The molecule has 0 saturated carbocycles. The zero-order chi connectivity index (χ0) is 21.2. The van der Waals surface area contributed by atoms with Gasteiger partial charge in [-0.15, -0.1) is 0 Å². The smallest absolute Gasteiger partial charge is 0.261 e. The average molecular weight is 433 g/mol. The fraction of sp³-hybridized carbons (Fsp3) is 0.211. The molecule has 0 saturated heterocycles. The predicted octanol–water partition coefficient (Wildman–Crippen LogP) is 1.91. The van der Waals surface area contributed by atoms with Gasteiger partial charge in [-0.2, -0.15) is 0 Å². The Morgan fingerprint density at radius 1 is 1.14 bits per heavy atom. The molecule has 1 heterocycles. The molecule has 10 heteroatoms. The van der Waals surface area contributed by atoms with Crippen LogP contribution in [0.2, 0.25) is 0 Å². The molecule has 0 aliphatic rings. The van der Waals surface area contributed by atoms with Crippen LogP contribution in [0.25, 0.3) is 10.9 Å². The maximum absolute atomic E-state index is 12.4. The van der Waals surface area contributed by atoms with Gasteiger partial charge in [-0.1, -0.05) is 23.9 Å². The van der Waals surface area contributed by atoms with Gasteiger partial charge in [0.25, 0.3) is 5.56 Å². The van der Waals surface area contributed by atoms with Crippen LogP contribution in [0.15, 0.2) is 63.4 Å². The standard InChI is InChI=1S/C19H20N4O4S2/c1-22(2)29(26,27)14-10-8-13(9-11-14)20-17(24)12-28-19-21-16-7-5-4-6-15(16)18(25)23(19)3/h4-11H,12H2,1-3H3,(H,20,24). The normalized spacial score (nSPS) is 11.7. The van der Waals surface area contributed by atoms with Gasteiger partial charge in [0.1, 0.15) is 0 Å². The second kappa shape index (κ2) is 8.36. The third kappa shape index (κ3) is 4.50. The Morgan fingerprint density at radius 2 is 1.79 bits per heavy atom. The number of rotatable bonds is 6. The van der Waals surface area contributed by atoms with E-state index < -0.39 is 10.0 Å². The molecule has 2 aromatic carbocycles. The van der Waals surface area contributed by atoms with Crippen LogP contribution in [0.5, 0.6) is 0 Å². The molecule has 8 nitrogen and oxygen atoms in total. The predicted molar refractivity (Wildman–Crippen MR) is 114 cm³/mol. The van der Waals surface area contributed by atoms with Crippen molar-refractivity contribution in [2.45, 2.75) is 10.1 Å². The maximum Gasteiger partial charge on any atom is 0.261 e. The summed E-state index contributed by atoms with van der Waals surface area (Å²) in [5.74, 6) is -0.239. The number of amides is 1. The lowest BCUT2D eigenvalue weighted by molar-refractivity contribution is -0.113. The zero-order valence-electron chi connectivity index (χ0n) is 16.1. The van der Waals surface area contributed by atoms with Gasteiger partial charge < -0.3 is 5.32 Å². The summed E-state index contributed by atoms with van der Waals surface area (Å²) >= 11 is 1.15. The first-order chi connectivity index (χ1) is 13.7. The molecule has 0 radical (unpaired) electrons. The van der Waals surface area contributed by atoms with E-state index in [1.54, 1.807) is 31.3 Å². The van der Waals surface area contributed by atoms with Gasteiger partial charge in [0.15, 0.2) is 5.16 Å². The Kier molecular flexibility index (Phi) is 6.06. The number of benzene rings is 2. The van der Waals surface area contributed by atoms with Gasteiger partial charge in [-0.05, 0) is 36.4 Å². The maximum atomic E-state index is 12.4. The van der Waals surface area contributed by atoms with E-state index >= 15 is 0 Å². The minimum absolute atomic E-state index is 0.0520. The van der Waals surface area contributed by atoms with Crippen molar-refractivity contribution in [2.24, 2.45) is 7.05 Å². The highest BCUT2D eigenvalue weighted by Crippen LogP contribution is 2.19. The summed E-state index contributed by atoms with van der Waals surface area (Å²) < 4.78 is 26.7. The SMILES string of the molecule is CN(C)S(=O)(=O)c1ccc(NC(=O)CSc2nc3ccccc3c(=O)n2C)cc1. The van der Waals surface area contributed by atoms with E-state index in [0.717, 1.165) is 16.1 Å². The summed E-state index contributed by atoms with van der Waals surface area (Å²) in [7, 11) is 1.01. The first-order valence-corrected chi connectivity index (χ1v) is 11.0. The summed E-state index contributed by atoms with van der Waals surface area (Å²) in [6, 6.07) is 13.0. The van der Waals surface area contributed by atoms with E-state index in [2.05, 4.69) is 10.3 Å². The molecule has 0 spiro atoms. The molecule has 1 amide bonds. The number of aromatic nitrogens is 2. The van der Waals surface area contributed by atoms with Crippen LogP contribution >= 0.6 is 11.8 Å². The highest BCUT2D eigenvalue weighted by Gasteiger charge is 2.17. The molecule has 0 aliphatic carbocycles. The number of carbonyl (C=O) groups is 1. The van der Waals surface area contributed by atoms with Crippen LogP contribution in [0.3, 0.4) is 0 Å². The molecule has 0 atom stereocenters. The number of hydrogen-bond acceptors (Lipinski definition) is 6. The van der Waals surface area contributed by atoms with Crippen molar-refractivity contribution in [2.75, 3.05) is 25.2 Å². The fourth-order valence-electron chi connectivity index (χ4n) is 2.57. The monoisotopic (exact) mass is 432 g/mol. The number of thioether (sulfide) groups is 1. The summed E-state index contributed by atoms with van der Waals surface area (Å²) in [4.78, 5) is 29.3. The number of fused-ring (bicyclic) bond motifs is 1. The van der Waals surface area contributed by atoms with Crippen LogP contribution in [0.4, 0.5) is 5.69 Å². The molecule has 0 fully saturated rings. The van der Waals surface area contributed by atoms with Crippen molar-refractivity contribution in [3.05, 3.63) is 58.9 Å². The summed E-state index contributed by atoms with van der Waals surface area (Å²) in [6.45, 7) is 0. The van der Waals surface area contributed by atoms with Crippen molar-refractivity contribution < 1.29 is 13.2 Å². The lowest BCUT2D eigenvalue weighted by atomic mass is 10.2. The minimum atomic E-state index is -3.52. The van der Waals surface area contributed by atoms with Gasteiger partial charge in [0.2, 0.25) is 15.9 Å². The zero-order valence-corrected chi connectivity index (χ0v) is 17.8. The number of sulfonamides is 1. The van der Waals surface area contributed by atoms with Crippen LogP contribution in [-0.4, -0.2) is 48.0 Å². The number of nitrogens with zero attached hydrogens (tertiary/aromatic N) is 3. The highest BCUT2D eigenvalue weighted by molar-refractivity contribution is 7.99. The Bertz CT molecular complexity index is 1220. The fourth-order valence-corrected chi connectivity index (χ4v) is 4.25. The van der Waals surface area contributed by atoms with Gasteiger partial charge >= 0.3 is 0 Å². The number of para-hydroxylation sites is 1. The molecule has 3 rings (SSSR count). The van der Waals surface area contributed by atoms with Crippen molar-refractivity contribution in [1.29, 1.82) is 0 Å². The second-order valence-electron chi connectivity index (χ2n) is 6.42. The second-order valence-corrected chi connectivity index (χ2v) is 9.52. The van der Waals surface area contributed by atoms with E-state index in [0.29, 0.717) is 21.7 Å². The molecule has 1 N–H and O–H groups in total. The highest BCUT2D eigenvalue weighted by atomic mass is 32.2. The lowest BCUT2D eigenvalue weighted by Crippen LogP contribution is -2.22. The summed E-state index contributed by atoms with van der Waals surface area (Å²) in [5, 5.41) is 3.67. The van der Waals surface area contributed by atoms with Crippen LogP contribution in [0.1, 0.15) is 0 Å².